The molecule has 1 aromatic carbocycles. The maximum absolute atomic E-state index is 12.0. The van der Waals surface area contributed by atoms with Gasteiger partial charge in [0, 0.05) is 37.1 Å². The van der Waals surface area contributed by atoms with E-state index in [2.05, 4.69) is 5.32 Å². The fourth-order valence-corrected chi connectivity index (χ4v) is 1.84. The van der Waals surface area contributed by atoms with E-state index in [4.69, 9.17) is 10.5 Å². The molecule has 1 atom stereocenters. The SMILES string of the molecule is CCN(C)C(=O)C(C)Nc1cc(N)cc(OC(C)C)c1. The van der Waals surface area contributed by atoms with Gasteiger partial charge in [-0.15, -0.1) is 0 Å². The normalized spacial score (nSPS) is 12.1. The Bertz CT molecular complexity index is 460. The summed E-state index contributed by atoms with van der Waals surface area (Å²) in [6.45, 7) is 8.38. The van der Waals surface area contributed by atoms with Crippen molar-refractivity contribution in [2.24, 2.45) is 0 Å². The molecule has 0 aliphatic carbocycles. The van der Waals surface area contributed by atoms with Crippen LogP contribution in [0.2, 0.25) is 0 Å². The van der Waals surface area contributed by atoms with Gasteiger partial charge in [-0.05, 0) is 33.8 Å². The van der Waals surface area contributed by atoms with Crippen LogP contribution in [0.25, 0.3) is 0 Å². The van der Waals surface area contributed by atoms with Gasteiger partial charge < -0.3 is 20.7 Å². The lowest BCUT2D eigenvalue weighted by atomic mass is 10.2. The molecule has 0 spiro atoms. The van der Waals surface area contributed by atoms with E-state index in [9.17, 15) is 4.79 Å². The molecule has 5 heteroatoms. The third-order valence-corrected chi connectivity index (χ3v) is 2.90. The zero-order valence-electron chi connectivity index (χ0n) is 12.9. The molecule has 1 amide bonds. The second kappa shape index (κ2) is 7.03. The molecule has 0 bridgehead atoms. The smallest absolute Gasteiger partial charge is 0.244 e. The first-order valence-corrected chi connectivity index (χ1v) is 6.92. The monoisotopic (exact) mass is 279 g/mol. The lowest BCUT2D eigenvalue weighted by Crippen LogP contribution is -2.38. The van der Waals surface area contributed by atoms with Gasteiger partial charge in [0.25, 0.3) is 0 Å². The zero-order valence-corrected chi connectivity index (χ0v) is 12.9. The standard InChI is InChI=1S/C15H25N3O2/c1-6-18(5)15(19)11(4)17-13-7-12(16)8-14(9-13)20-10(2)3/h7-11,17H,6,16H2,1-5H3. The number of hydrogen-bond donors (Lipinski definition) is 2. The Morgan fingerprint density at radius 3 is 2.55 bits per heavy atom. The summed E-state index contributed by atoms with van der Waals surface area (Å²) in [4.78, 5) is 13.7. The first kappa shape index (κ1) is 16.1. The molecule has 0 fully saturated rings. The molecule has 0 aliphatic rings. The van der Waals surface area contributed by atoms with Crippen molar-refractivity contribution >= 4 is 17.3 Å². The summed E-state index contributed by atoms with van der Waals surface area (Å²) < 4.78 is 5.63. The van der Waals surface area contributed by atoms with Crippen molar-refractivity contribution in [1.82, 2.24) is 4.90 Å². The van der Waals surface area contributed by atoms with Crippen LogP contribution in [-0.2, 0) is 4.79 Å². The van der Waals surface area contributed by atoms with Gasteiger partial charge in [0.2, 0.25) is 5.91 Å². The third kappa shape index (κ3) is 4.64. The second-order valence-electron chi connectivity index (χ2n) is 5.18. The molecule has 112 valence electrons. The fraction of sp³-hybridized carbons (Fsp3) is 0.533. The topological polar surface area (TPSA) is 67.6 Å². The molecule has 3 N–H and O–H groups in total. The molecule has 5 nitrogen and oxygen atoms in total. The minimum Gasteiger partial charge on any atom is -0.491 e. The van der Waals surface area contributed by atoms with Crippen LogP contribution in [0.4, 0.5) is 11.4 Å². The predicted molar refractivity (Wildman–Crippen MR) is 83.0 cm³/mol. The van der Waals surface area contributed by atoms with Gasteiger partial charge >= 0.3 is 0 Å². The van der Waals surface area contributed by atoms with E-state index >= 15 is 0 Å². The molecular formula is C15H25N3O2. The number of anilines is 2. The van der Waals surface area contributed by atoms with Crippen molar-refractivity contribution in [3.05, 3.63) is 18.2 Å². The average molecular weight is 279 g/mol. The van der Waals surface area contributed by atoms with E-state index in [1.54, 1.807) is 24.1 Å². The molecular weight excluding hydrogens is 254 g/mol. The molecule has 0 saturated carbocycles. The van der Waals surface area contributed by atoms with Crippen LogP contribution >= 0.6 is 0 Å². The summed E-state index contributed by atoms with van der Waals surface area (Å²) in [6.07, 6.45) is 0.0786. The summed E-state index contributed by atoms with van der Waals surface area (Å²) in [5, 5.41) is 3.16. The molecule has 0 aliphatic heterocycles. The van der Waals surface area contributed by atoms with Crippen LogP contribution in [0.15, 0.2) is 18.2 Å². The zero-order chi connectivity index (χ0) is 15.3. The summed E-state index contributed by atoms with van der Waals surface area (Å²) in [5.41, 5.74) is 7.25. The Morgan fingerprint density at radius 1 is 1.35 bits per heavy atom. The third-order valence-electron chi connectivity index (χ3n) is 2.90. The van der Waals surface area contributed by atoms with Crippen LogP contribution in [-0.4, -0.2) is 36.5 Å². The summed E-state index contributed by atoms with van der Waals surface area (Å²) in [7, 11) is 1.78. The van der Waals surface area contributed by atoms with Crippen molar-refractivity contribution in [3.63, 3.8) is 0 Å². The molecule has 1 aromatic rings. The average Bonchev–Trinajstić information content (AvgIpc) is 2.35. The Kier molecular flexibility index (Phi) is 5.67. The highest BCUT2D eigenvalue weighted by molar-refractivity contribution is 5.84. The Hall–Kier alpha value is -1.91. The largest absolute Gasteiger partial charge is 0.491 e. The van der Waals surface area contributed by atoms with E-state index in [0.717, 1.165) is 5.69 Å². The molecule has 0 heterocycles. The van der Waals surface area contributed by atoms with Gasteiger partial charge in [-0.25, -0.2) is 0 Å². The number of nitrogen functional groups attached to an aromatic ring is 1. The van der Waals surface area contributed by atoms with E-state index < -0.39 is 0 Å². The highest BCUT2D eigenvalue weighted by atomic mass is 16.5. The first-order valence-electron chi connectivity index (χ1n) is 6.92. The minimum atomic E-state index is -0.311. The maximum Gasteiger partial charge on any atom is 0.244 e. The number of nitrogens with one attached hydrogen (secondary N) is 1. The van der Waals surface area contributed by atoms with Gasteiger partial charge in [-0.1, -0.05) is 0 Å². The first-order chi connectivity index (χ1) is 9.33. The molecule has 1 unspecified atom stereocenters. The van der Waals surface area contributed by atoms with Crippen LogP contribution < -0.4 is 15.8 Å². The van der Waals surface area contributed by atoms with Crippen LogP contribution in [0.1, 0.15) is 27.7 Å². The quantitative estimate of drug-likeness (QED) is 0.784. The van der Waals surface area contributed by atoms with E-state index in [1.165, 1.54) is 0 Å². The number of hydrogen-bond acceptors (Lipinski definition) is 4. The Balaban J connectivity index is 2.81. The summed E-state index contributed by atoms with van der Waals surface area (Å²) >= 11 is 0. The number of carbonyl (C=O) groups is 1. The van der Waals surface area contributed by atoms with Gasteiger partial charge in [0.1, 0.15) is 11.8 Å². The van der Waals surface area contributed by atoms with Crippen LogP contribution in [0.5, 0.6) is 5.75 Å². The number of carbonyl (C=O) groups excluding carboxylic acids is 1. The number of benzene rings is 1. The van der Waals surface area contributed by atoms with E-state index in [-0.39, 0.29) is 18.1 Å². The van der Waals surface area contributed by atoms with Crippen molar-refractivity contribution in [3.8, 4) is 5.75 Å². The number of likely N-dealkylation sites (N-methyl/N-ethyl adjacent to an activating group) is 1. The van der Waals surface area contributed by atoms with Gasteiger partial charge in [0.05, 0.1) is 6.10 Å². The molecule has 0 saturated heterocycles. The summed E-state index contributed by atoms with van der Waals surface area (Å²) in [5.74, 6) is 0.743. The van der Waals surface area contributed by atoms with Gasteiger partial charge in [-0.2, -0.15) is 0 Å². The van der Waals surface area contributed by atoms with Crippen LogP contribution in [0, 0.1) is 0 Å². The maximum atomic E-state index is 12.0. The van der Waals surface area contributed by atoms with Crippen molar-refractivity contribution in [2.45, 2.75) is 39.8 Å². The van der Waals surface area contributed by atoms with Crippen molar-refractivity contribution < 1.29 is 9.53 Å². The molecule has 1 rings (SSSR count). The van der Waals surface area contributed by atoms with E-state index in [1.807, 2.05) is 33.8 Å². The van der Waals surface area contributed by atoms with Crippen molar-refractivity contribution in [1.29, 1.82) is 0 Å². The molecule has 0 aromatic heterocycles. The number of amides is 1. The minimum absolute atomic E-state index is 0.0428. The lowest BCUT2D eigenvalue weighted by Gasteiger charge is -2.22. The summed E-state index contributed by atoms with van der Waals surface area (Å²) in [6, 6.07) is 5.11. The lowest BCUT2D eigenvalue weighted by molar-refractivity contribution is -0.130. The Labute approximate surface area is 121 Å². The van der Waals surface area contributed by atoms with Gasteiger partial charge in [-0.3, -0.25) is 4.79 Å². The fourth-order valence-electron chi connectivity index (χ4n) is 1.84. The van der Waals surface area contributed by atoms with Crippen molar-refractivity contribution in [2.75, 3.05) is 24.6 Å². The number of rotatable bonds is 6. The second-order valence-corrected chi connectivity index (χ2v) is 5.18. The van der Waals surface area contributed by atoms with Gasteiger partial charge in [0.15, 0.2) is 0 Å². The number of ether oxygens (including phenoxy) is 1. The number of nitrogens with two attached hydrogens (primary N) is 1. The highest BCUT2D eigenvalue weighted by Gasteiger charge is 2.16. The highest BCUT2D eigenvalue weighted by Crippen LogP contribution is 2.24. The Morgan fingerprint density at radius 2 is 2.00 bits per heavy atom. The predicted octanol–water partition coefficient (Wildman–Crippen LogP) is 2.33. The van der Waals surface area contributed by atoms with Crippen LogP contribution in [0.3, 0.4) is 0 Å². The van der Waals surface area contributed by atoms with E-state index in [0.29, 0.717) is 18.0 Å². The number of nitrogens with zero attached hydrogens (tertiary/aromatic N) is 1. The molecule has 20 heavy (non-hydrogen) atoms. The molecule has 0 radical (unpaired) electrons.